The predicted molar refractivity (Wildman–Crippen MR) is 120 cm³/mol. The molecule has 1 saturated heterocycles. The van der Waals surface area contributed by atoms with E-state index in [0.717, 1.165) is 5.56 Å². The number of ether oxygens (including phenoxy) is 4. The van der Waals surface area contributed by atoms with Gasteiger partial charge in [0.15, 0.2) is 11.5 Å². The fraction of sp³-hybridized carbons (Fsp3) is 0.333. The van der Waals surface area contributed by atoms with Gasteiger partial charge in [-0.1, -0.05) is 17.7 Å². The molecule has 0 aliphatic carbocycles. The maximum atomic E-state index is 13.3. The summed E-state index contributed by atoms with van der Waals surface area (Å²) in [5.41, 5.74) is 2.26. The summed E-state index contributed by atoms with van der Waals surface area (Å²) in [7, 11) is 4.55. The highest BCUT2D eigenvalue weighted by Crippen LogP contribution is 2.38. The Morgan fingerprint density at radius 1 is 0.969 bits per heavy atom. The van der Waals surface area contributed by atoms with Gasteiger partial charge in [0.2, 0.25) is 5.75 Å². The zero-order chi connectivity index (χ0) is 23.1. The van der Waals surface area contributed by atoms with Crippen LogP contribution in [-0.2, 0) is 9.53 Å². The molecule has 2 aromatic carbocycles. The van der Waals surface area contributed by atoms with Gasteiger partial charge in [-0.3, -0.25) is 9.59 Å². The number of nitrogens with zero attached hydrogens (tertiary/aromatic N) is 1. The van der Waals surface area contributed by atoms with Gasteiger partial charge in [0.25, 0.3) is 11.8 Å². The quantitative estimate of drug-likeness (QED) is 0.667. The third-order valence-electron chi connectivity index (χ3n) is 5.09. The van der Waals surface area contributed by atoms with E-state index in [1.165, 1.54) is 21.3 Å². The Morgan fingerprint density at radius 3 is 2.09 bits per heavy atom. The standard InChI is InChI=1S/C24H28N2O6/c1-16-5-7-18(8-6-16)23(27)25-19(24(28)26-9-11-32-12-10-26)13-17-14-20(29-2)22(31-4)21(15-17)30-3/h5-8,13-15H,9-12H2,1-4H3,(H,25,27)/b19-13-. The summed E-state index contributed by atoms with van der Waals surface area (Å²) in [5, 5.41) is 2.78. The number of hydrogen-bond acceptors (Lipinski definition) is 6. The summed E-state index contributed by atoms with van der Waals surface area (Å²) >= 11 is 0. The normalized spacial score (nSPS) is 14.0. The van der Waals surface area contributed by atoms with Crippen molar-refractivity contribution in [1.29, 1.82) is 0 Å². The van der Waals surface area contributed by atoms with Gasteiger partial charge in [-0.2, -0.15) is 0 Å². The van der Waals surface area contributed by atoms with Crippen LogP contribution in [-0.4, -0.2) is 64.3 Å². The number of aryl methyl sites for hydroxylation is 1. The molecule has 2 amide bonds. The number of amides is 2. The molecule has 0 atom stereocenters. The molecule has 32 heavy (non-hydrogen) atoms. The van der Waals surface area contributed by atoms with Gasteiger partial charge in [0.05, 0.1) is 34.5 Å². The Hall–Kier alpha value is -3.52. The highest BCUT2D eigenvalue weighted by Gasteiger charge is 2.23. The van der Waals surface area contributed by atoms with E-state index in [1.54, 1.807) is 35.2 Å². The van der Waals surface area contributed by atoms with E-state index in [0.29, 0.717) is 54.7 Å². The Kier molecular flexibility index (Phi) is 7.72. The summed E-state index contributed by atoms with van der Waals surface area (Å²) in [4.78, 5) is 27.8. The fourth-order valence-electron chi connectivity index (χ4n) is 3.34. The molecule has 0 bridgehead atoms. The molecule has 0 aromatic heterocycles. The van der Waals surface area contributed by atoms with E-state index < -0.39 is 0 Å². The number of benzene rings is 2. The van der Waals surface area contributed by atoms with Crippen LogP contribution in [0.1, 0.15) is 21.5 Å². The highest BCUT2D eigenvalue weighted by atomic mass is 16.5. The van der Waals surface area contributed by atoms with Crippen LogP contribution in [0, 0.1) is 6.92 Å². The molecule has 1 aliphatic rings. The summed E-state index contributed by atoms with van der Waals surface area (Å²) < 4.78 is 21.5. The van der Waals surface area contributed by atoms with Gasteiger partial charge in [0.1, 0.15) is 5.70 Å². The minimum absolute atomic E-state index is 0.145. The first kappa shape index (κ1) is 23.1. The van der Waals surface area contributed by atoms with Gasteiger partial charge in [-0.25, -0.2) is 0 Å². The van der Waals surface area contributed by atoms with Crippen LogP contribution in [0.4, 0.5) is 0 Å². The number of hydrogen-bond donors (Lipinski definition) is 1. The number of methoxy groups -OCH3 is 3. The monoisotopic (exact) mass is 440 g/mol. The number of carbonyl (C=O) groups is 2. The third kappa shape index (κ3) is 5.39. The lowest BCUT2D eigenvalue weighted by Crippen LogP contribution is -2.44. The van der Waals surface area contributed by atoms with Crippen molar-refractivity contribution >= 4 is 17.9 Å². The van der Waals surface area contributed by atoms with Crippen LogP contribution in [0.25, 0.3) is 6.08 Å². The minimum atomic E-state index is -0.370. The van der Waals surface area contributed by atoms with Crippen molar-refractivity contribution in [3.8, 4) is 17.2 Å². The first-order valence-electron chi connectivity index (χ1n) is 10.2. The van der Waals surface area contributed by atoms with Crippen LogP contribution in [0.2, 0.25) is 0 Å². The number of nitrogens with one attached hydrogen (secondary N) is 1. The lowest BCUT2D eigenvalue weighted by atomic mass is 10.1. The van der Waals surface area contributed by atoms with Gasteiger partial charge in [-0.15, -0.1) is 0 Å². The molecule has 3 rings (SSSR count). The number of rotatable bonds is 7. The SMILES string of the molecule is COc1cc(/C=C(\NC(=O)c2ccc(C)cc2)C(=O)N2CCOCC2)cc(OC)c1OC. The molecule has 170 valence electrons. The second-order valence-electron chi connectivity index (χ2n) is 7.24. The van der Waals surface area contributed by atoms with Crippen LogP contribution >= 0.6 is 0 Å². The lowest BCUT2D eigenvalue weighted by Gasteiger charge is -2.28. The molecule has 8 heteroatoms. The Labute approximate surface area is 187 Å². The Bertz CT molecular complexity index is 969. The summed E-state index contributed by atoms with van der Waals surface area (Å²) in [6.07, 6.45) is 1.61. The van der Waals surface area contributed by atoms with E-state index in [4.69, 9.17) is 18.9 Å². The second kappa shape index (κ2) is 10.7. The Morgan fingerprint density at radius 2 is 1.56 bits per heavy atom. The van der Waals surface area contributed by atoms with Crippen molar-refractivity contribution in [2.75, 3.05) is 47.6 Å². The van der Waals surface area contributed by atoms with E-state index in [9.17, 15) is 9.59 Å². The average Bonchev–Trinajstić information content (AvgIpc) is 2.83. The smallest absolute Gasteiger partial charge is 0.270 e. The first-order valence-corrected chi connectivity index (χ1v) is 10.2. The summed E-state index contributed by atoms with van der Waals surface area (Å²) in [5.74, 6) is 0.673. The fourth-order valence-corrected chi connectivity index (χ4v) is 3.34. The van der Waals surface area contributed by atoms with Crippen molar-refractivity contribution in [1.82, 2.24) is 10.2 Å². The molecule has 1 fully saturated rings. The van der Waals surface area contributed by atoms with Gasteiger partial charge >= 0.3 is 0 Å². The van der Waals surface area contributed by atoms with Gasteiger partial charge < -0.3 is 29.2 Å². The van der Waals surface area contributed by atoms with Crippen molar-refractivity contribution < 1.29 is 28.5 Å². The zero-order valence-corrected chi connectivity index (χ0v) is 18.8. The van der Waals surface area contributed by atoms with Crippen LogP contribution in [0.15, 0.2) is 42.1 Å². The van der Waals surface area contributed by atoms with Gasteiger partial charge in [-0.05, 0) is 42.8 Å². The number of morpholine rings is 1. The maximum Gasteiger partial charge on any atom is 0.270 e. The van der Waals surface area contributed by atoms with Crippen molar-refractivity contribution in [3.63, 3.8) is 0 Å². The Balaban J connectivity index is 1.99. The summed E-state index contributed by atoms with van der Waals surface area (Å²) in [6, 6.07) is 10.6. The second-order valence-corrected chi connectivity index (χ2v) is 7.24. The number of carbonyl (C=O) groups excluding carboxylic acids is 2. The van der Waals surface area contributed by atoms with Crippen molar-refractivity contribution in [2.24, 2.45) is 0 Å². The lowest BCUT2D eigenvalue weighted by molar-refractivity contribution is -0.131. The molecule has 0 radical (unpaired) electrons. The zero-order valence-electron chi connectivity index (χ0n) is 18.8. The molecule has 1 aliphatic heterocycles. The largest absolute Gasteiger partial charge is 0.493 e. The first-order chi connectivity index (χ1) is 15.5. The topological polar surface area (TPSA) is 86.3 Å². The molecule has 0 spiro atoms. The van der Waals surface area contributed by atoms with E-state index in [1.807, 2.05) is 19.1 Å². The minimum Gasteiger partial charge on any atom is -0.493 e. The van der Waals surface area contributed by atoms with Crippen LogP contribution in [0.5, 0.6) is 17.2 Å². The van der Waals surface area contributed by atoms with Gasteiger partial charge in [0, 0.05) is 18.7 Å². The molecule has 0 unspecified atom stereocenters. The van der Waals surface area contributed by atoms with Crippen molar-refractivity contribution in [3.05, 3.63) is 58.8 Å². The molecule has 0 saturated carbocycles. The van der Waals surface area contributed by atoms with Crippen LogP contribution < -0.4 is 19.5 Å². The maximum absolute atomic E-state index is 13.3. The third-order valence-corrected chi connectivity index (χ3v) is 5.09. The average molecular weight is 440 g/mol. The molecule has 1 N–H and O–H groups in total. The molecular formula is C24H28N2O6. The predicted octanol–water partition coefficient (Wildman–Crippen LogP) is 2.65. The molecule has 2 aromatic rings. The van der Waals surface area contributed by atoms with Crippen molar-refractivity contribution in [2.45, 2.75) is 6.92 Å². The molecule has 1 heterocycles. The summed E-state index contributed by atoms with van der Waals surface area (Å²) in [6.45, 7) is 3.75. The van der Waals surface area contributed by atoms with E-state index in [-0.39, 0.29) is 17.5 Å². The molecular weight excluding hydrogens is 412 g/mol. The van der Waals surface area contributed by atoms with E-state index >= 15 is 0 Å². The van der Waals surface area contributed by atoms with Crippen LogP contribution in [0.3, 0.4) is 0 Å². The van der Waals surface area contributed by atoms with E-state index in [2.05, 4.69) is 5.32 Å². The highest BCUT2D eigenvalue weighted by molar-refractivity contribution is 6.05. The molecule has 8 nitrogen and oxygen atoms in total.